The summed E-state index contributed by atoms with van der Waals surface area (Å²) >= 11 is 1.68. The molecule has 1 aliphatic rings. The minimum Gasteiger partial charge on any atom is -0.344 e. The SMILES string of the molecule is CCN(CC)C(=O)C1CCCN1c1ncnc2sc(C)cc12. The van der Waals surface area contributed by atoms with Gasteiger partial charge < -0.3 is 9.80 Å². The van der Waals surface area contributed by atoms with E-state index in [1.807, 2.05) is 18.7 Å². The largest absolute Gasteiger partial charge is 0.344 e. The van der Waals surface area contributed by atoms with E-state index in [-0.39, 0.29) is 11.9 Å². The summed E-state index contributed by atoms with van der Waals surface area (Å²) in [5.41, 5.74) is 0. The van der Waals surface area contributed by atoms with Crippen LogP contribution in [0.25, 0.3) is 10.2 Å². The quantitative estimate of drug-likeness (QED) is 0.870. The summed E-state index contributed by atoms with van der Waals surface area (Å²) in [7, 11) is 0. The number of aryl methyl sites for hydroxylation is 1. The zero-order valence-electron chi connectivity index (χ0n) is 13.4. The van der Waals surface area contributed by atoms with E-state index in [0.717, 1.165) is 48.5 Å². The van der Waals surface area contributed by atoms with Gasteiger partial charge in [-0.25, -0.2) is 9.97 Å². The average Bonchev–Trinajstić information content (AvgIpc) is 3.12. The highest BCUT2D eigenvalue weighted by molar-refractivity contribution is 7.18. The molecule has 0 N–H and O–H groups in total. The Labute approximate surface area is 135 Å². The molecule has 0 spiro atoms. The maximum atomic E-state index is 12.8. The van der Waals surface area contributed by atoms with Gasteiger partial charge in [-0.05, 0) is 39.7 Å². The van der Waals surface area contributed by atoms with Crippen LogP contribution in [0.5, 0.6) is 0 Å². The minimum absolute atomic E-state index is 0.0850. The molecule has 1 unspecified atom stereocenters. The van der Waals surface area contributed by atoms with Crippen molar-refractivity contribution in [1.82, 2.24) is 14.9 Å². The van der Waals surface area contributed by atoms with Crippen molar-refractivity contribution in [3.63, 3.8) is 0 Å². The number of nitrogens with zero attached hydrogens (tertiary/aromatic N) is 4. The molecule has 1 saturated heterocycles. The number of hydrogen-bond acceptors (Lipinski definition) is 5. The fraction of sp³-hybridized carbons (Fsp3) is 0.562. The Morgan fingerprint density at radius 2 is 2.18 bits per heavy atom. The van der Waals surface area contributed by atoms with Gasteiger partial charge in [-0.15, -0.1) is 11.3 Å². The van der Waals surface area contributed by atoms with Gasteiger partial charge in [0.1, 0.15) is 23.0 Å². The van der Waals surface area contributed by atoms with E-state index in [9.17, 15) is 4.79 Å². The summed E-state index contributed by atoms with van der Waals surface area (Å²) in [6, 6.07) is 2.05. The first kappa shape index (κ1) is 15.2. The molecule has 3 heterocycles. The van der Waals surface area contributed by atoms with E-state index >= 15 is 0 Å². The second kappa shape index (κ2) is 6.20. The predicted octanol–water partition coefficient (Wildman–Crippen LogP) is 2.84. The van der Waals surface area contributed by atoms with Crippen LogP contribution in [0.2, 0.25) is 0 Å². The summed E-state index contributed by atoms with van der Waals surface area (Å²) in [4.78, 5) is 28.0. The number of amides is 1. The van der Waals surface area contributed by atoms with E-state index in [0.29, 0.717) is 0 Å². The lowest BCUT2D eigenvalue weighted by atomic mass is 10.2. The van der Waals surface area contributed by atoms with Crippen molar-refractivity contribution in [3.8, 4) is 0 Å². The van der Waals surface area contributed by atoms with Crippen LogP contribution in [0, 0.1) is 6.92 Å². The second-order valence-electron chi connectivity index (χ2n) is 5.64. The molecule has 1 fully saturated rings. The molecule has 118 valence electrons. The molecular weight excluding hydrogens is 296 g/mol. The summed E-state index contributed by atoms with van der Waals surface area (Å²) in [6.07, 6.45) is 3.56. The van der Waals surface area contributed by atoms with E-state index in [1.54, 1.807) is 17.7 Å². The van der Waals surface area contributed by atoms with E-state index < -0.39 is 0 Å². The molecule has 1 amide bonds. The number of carbonyl (C=O) groups excluding carboxylic acids is 1. The average molecular weight is 318 g/mol. The maximum Gasteiger partial charge on any atom is 0.245 e. The standard InChI is InChI=1S/C16H22N4OS/c1-4-19(5-2)16(21)13-7-6-8-20(13)14-12-9-11(3)22-15(12)18-10-17-14/h9-10,13H,4-8H2,1-3H3. The highest BCUT2D eigenvalue weighted by atomic mass is 32.1. The number of carbonyl (C=O) groups is 1. The summed E-state index contributed by atoms with van der Waals surface area (Å²) in [6.45, 7) is 8.56. The van der Waals surface area contributed by atoms with E-state index in [2.05, 4.69) is 27.9 Å². The Balaban J connectivity index is 1.96. The molecule has 2 aromatic rings. The highest BCUT2D eigenvalue weighted by Gasteiger charge is 2.34. The molecule has 0 radical (unpaired) electrons. The van der Waals surface area contributed by atoms with E-state index in [1.165, 1.54) is 4.88 Å². The van der Waals surface area contributed by atoms with Gasteiger partial charge >= 0.3 is 0 Å². The van der Waals surface area contributed by atoms with Crippen LogP contribution < -0.4 is 4.90 Å². The topological polar surface area (TPSA) is 49.3 Å². The molecule has 0 bridgehead atoms. The van der Waals surface area contributed by atoms with Crippen molar-refractivity contribution < 1.29 is 4.79 Å². The second-order valence-corrected chi connectivity index (χ2v) is 6.87. The van der Waals surface area contributed by atoms with Gasteiger partial charge in [0, 0.05) is 24.5 Å². The molecule has 3 rings (SSSR count). The van der Waals surface area contributed by atoms with Gasteiger partial charge in [0.2, 0.25) is 5.91 Å². The Morgan fingerprint density at radius 1 is 1.41 bits per heavy atom. The van der Waals surface area contributed by atoms with Gasteiger partial charge in [-0.1, -0.05) is 0 Å². The Hall–Kier alpha value is -1.69. The lowest BCUT2D eigenvalue weighted by Gasteiger charge is -2.29. The number of thiophene rings is 1. The Morgan fingerprint density at radius 3 is 2.91 bits per heavy atom. The Kier molecular flexibility index (Phi) is 4.29. The number of rotatable bonds is 4. The highest BCUT2D eigenvalue weighted by Crippen LogP contribution is 2.33. The Bertz CT molecular complexity index is 680. The fourth-order valence-electron chi connectivity index (χ4n) is 3.22. The van der Waals surface area contributed by atoms with Gasteiger partial charge in [0.25, 0.3) is 0 Å². The third kappa shape index (κ3) is 2.56. The van der Waals surface area contributed by atoms with E-state index in [4.69, 9.17) is 0 Å². The smallest absolute Gasteiger partial charge is 0.245 e. The van der Waals surface area contributed by atoms with Gasteiger partial charge in [-0.2, -0.15) is 0 Å². The van der Waals surface area contributed by atoms with Crippen LogP contribution in [0.3, 0.4) is 0 Å². The summed E-state index contributed by atoms with van der Waals surface area (Å²) in [5, 5.41) is 1.07. The van der Waals surface area contributed by atoms with Crippen LogP contribution >= 0.6 is 11.3 Å². The number of anilines is 1. The molecule has 0 aromatic carbocycles. The molecule has 0 aliphatic carbocycles. The lowest BCUT2D eigenvalue weighted by molar-refractivity contribution is -0.132. The third-order valence-electron chi connectivity index (χ3n) is 4.32. The summed E-state index contributed by atoms with van der Waals surface area (Å²) < 4.78 is 0. The summed E-state index contributed by atoms with van der Waals surface area (Å²) in [5.74, 6) is 1.14. The van der Waals surface area contributed by atoms with Crippen LogP contribution in [0.1, 0.15) is 31.6 Å². The lowest BCUT2D eigenvalue weighted by Crippen LogP contribution is -2.46. The van der Waals surface area contributed by atoms with Crippen molar-refractivity contribution >= 4 is 33.3 Å². The van der Waals surface area contributed by atoms with Crippen LogP contribution in [-0.4, -0.2) is 46.5 Å². The van der Waals surface area contributed by atoms with Crippen molar-refractivity contribution in [2.24, 2.45) is 0 Å². The van der Waals surface area contributed by atoms with Crippen molar-refractivity contribution in [2.45, 2.75) is 39.7 Å². The first-order chi connectivity index (χ1) is 10.7. The molecule has 6 heteroatoms. The van der Waals surface area contributed by atoms with Gasteiger partial charge in [0.05, 0.1) is 5.39 Å². The van der Waals surface area contributed by atoms with Crippen LogP contribution in [0.4, 0.5) is 5.82 Å². The van der Waals surface area contributed by atoms with Gasteiger partial charge in [0.15, 0.2) is 0 Å². The fourth-order valence-corrected chi connectivity index (χ4v) is 4.06. The molecule has 1 atom stereocenters. The van der Waals surface area contributed by atoms with Crippen molar-refractivity contribution in [2.75, 3.05) is 24.5 Å². The number of aromatic nitrogens is 2. The normalized spacial score (nSPS) is 18.1. The molecule has 0 saturated carbocycles. The molecule has 22 heavy (non-hydrogen) atoms. The number of likely N-dealkylation sites (N-methyl/N-ethyl adjacent to an activating group) is 1. The van der Waals surface area contributed by atoms with Crippen LogP contribution in [0.15, 0.2) is 12.4 Å². The van der Waals surface area contributed by atoms with Crippen molar-refractivity contribution in [3.05, 3.63) is 17.3 Å². The third-order valence-corrected chi connectivity index (χ3v) is 5.28. The van der Waals surface area contributed by atoms with Gasteiger partial charge in [-0.3, -0.25) is 4.79 Å². The molecular formula is C16H22N4OS. The zero-order chi connectivity index (χ0) is 15.7. The molecule has 2 aromatic heterocycles. The predicted molar refractivity (Wildman–Crippen MR) is 90.4 cm³/mol. The van der Waals surface area contributed by atoms with Crippen molar-refractivity contribution in [1.29, 1.82) is 0 Å². The number of fused-ring (bicyclic) bond motifs is 1. The number of hydrogen-bond donors (Lipinski definition) is 0. The minimum atomic E-state index is -0.0850. The monoisotopic (exact) mass is 318 g/mol. The maximum absolute atomic E-state index is 12.8. The first-order valence-corrected chi connectivity index (χ1v) is 8.74. The van der Waals surface area contributed by atoms with Crippen LogP contribution in [-0.2, 0) is 4.79 Å². The molecule has 5 nitrogen and oxygen atoms in total. The zero-order valence-corrected chi connectivity index (χ0v) is 14.2. The first-order valence-electron chi connectivity index (χ1n) is 7.92. The molecule has 1 aliphatic heterocycles.